The van der Waals surface area contributed by atoms with Gasteiger partial charge in [0.05, 0.1) is 0 Å². The van der Waals surface area contributed by atoms with E-state index in [9.17, 15) is 4.79 Å². The van der Waals surface area contributed by atoms with Crippen molar-refractivity contribution in [3.05, 3.63) is 11.6 Å². The third kappa shape index (κ3) is 4.09. The minimum atomic E-state index is -0.379. The van der Waals surface area contributed by atoms with Gasteiger partial charge in [0.15, 0.2) is 0 Å². The summed E-state index contributed by atoms with van der Waals surface area (Å²) in [6.45, 7) is 3.55. The summed E-state index contributed by atoms with van der Waals surface area (Å²) in [4.78, 5) is 10.4. The summed E-state index contributed by atoms with van der Waals surface area (Å²) in [5.41, 5.74) is 5.51. The molecule has 0 fully saturated rings. The Balaban J connectivity index is 4.00. The fraction of sp³-hybridized carbons (Fsp3) is 0.500. The molecule has 0 spiro atoms. The molecule has 0 bridgehead atoms. The van der Waals surface area contributed by atoms with Gasteiger partial charge in [0.2, 0.25) is 5.91 Å². The topological polar surface area (TPSA) is 43.1 Å². The SMILES string of the molecule is C/C(=C\C(C)S)C(N)=O. The number of hydrogen-bond donors (Lipinski definition) is 2. The van der Waals surface area contributed by atoms with Crippen LogP contribution in [0.2, 0.25) is 0 Å². The number of hydrogen-bond acceptors (Lipinski definition) is 2. The van der Waals surface area contributed by atoms with E-state index in [-0.39, 0.29) is 11.2 Å². The number of carbonyl (C=O) groups is 1. The first-order chi connectivity index (χ1) is 4.04. The van der Waals surface area contributed by atoms with Gasteiger partial charge in [-0.15, -0.1) is 0 Å². The molecule has 1 atom stereocenters. The van der Waals surface area contributed by atoms with Crippen molar-refractivity contribution >= 4 is 18.5 Å². The first-order valence-corrected chi connectivity index (χ1v) is 3.22. The van der Waals surface area contributed by atoms with Gasteiger partial charge in [0, 0.05) is 10.8 Å². The number of thiol groups is 1. The molecular weight excluding hydrogens is 134 g/mol. The first kappa shape index (κ1) is 8.56. The maximum absolute atomic E-state index is 10.4. The van der Waals surface area contributed by atoms with Crippen molar-refractivity contribution in [2.24, 2.45) is 5.73 Å². The molecule has 0 heterocycles. The molecule has 0 radical (unpaired) electrons. The fourth-order valence-corrected chi connectivity index (χ4v) is 0.668. The molecule has 0 saturated heterocycles. The predicted octanol–water partition coefficient (Wildman–Crippen LogP) is 0.736. The molecule has 0 aromatic rings. The van der Waals surface area contributed by atoms with Gasteiger partial charge in [-0.25, -0.2) is 0 Å². The Hall–Kier alpha value is -0.440. The highest BCUT2D eigenvalue weighted by Gasteiger charge is 1.96. The Morgan fingerprint density at radius 2 is 2.22 bits per heavy atom. The van der Waals surface area contributed by atoms with Gasteiger partial charge in [-0.1, -0.05) is 6.08 Å². The molecule has 9 heavy (non-hydrogen) atoms. The second-order valence-corrected chi connectivity index (χ2v) is 2.77. The van der Waals surface area contributed by atoms with Crippen LogP contribution in [0.5, 0.6) is 0 Å². The van der Waals surface area contributed by atoms with Crippen LogP contribution < -0.4 is 5.73 Å². The van der Waals surface area contributed by atoms with Gasteiger partial charge in [-0.3, -0.25) is 4.79 Å². The molecule has 1 unspecified atom stereocenters. The monoisotopic (exact) mass is 145 g/mol. The summed E-state index contributed by atoms with van der Waals surface area (Å²) in [6, 6.07) is 0. The van der Waals surface area contributed by atoms with E-state index in [4.69, 9.17) is 5.73 Å². The summed E-state index contributed by atoms with van der Waals surface area (Å²) in [6.07, 6.45) is 1.71. The molecule has 0 aromatic heterocycles. The van der Waals surface area contributed by atoms with Crippen molar-refractivity contribution in [3.8, 4) is 0 Å². The van der Waals surface area contributed by atoms with Gasteiger partial charge in [0.25, 0.3) is 0 Å². The zero-order chi connectivity index (χ0) is 7.44. The minimum absolute atomic E-state index is 0.0949. The fourth-order valence-electron chi connectivity index (χ4n) is 0.444. The summed E-state index contributed by atoms with van der Waals surface area (Å²) in [5.74, 6) is -0.379. The van der Waals surface area contributed by atoms with Crippen LogP contribution in [-0.4, -0.2) is 11.2 Å². The number of rotatable bonds is 2. The summed E-state index contributed by atoms with van der Waals surface area (Å²) >= 11 is 4.05. The smallest absolute Gasteiger partial charge is 0.244 e. The predicted molar refractivity (Wildman–Crippen MR) is 41.4 cm³/mol. The van der Waals surface area contributed by atoms with Crippen LogP contribution in [0.1, 0.15) is 13.8 Å². The van der Waals surface area contributed by atoms with E-state index in [1.165, 1.54) is 0 Å². The van der Waals surface area contributed by atoms with E-state index in [1.54, 1.807) is 13.0 Å². The van der Waals surface area contributed by atoms with E-state index in [2.05, 4.69) is 12.6 Å². The number of primary amides is 1. The lowest BCUT2D eigenvalue weighted by Crippen LogP contribution is -2.12. The molecule has 0 aliphatic carbocycles. The average molecular weight is 145 g/mol. The zero-order valence-electron chi connectivity index (χ0n) is 5.59. The van der Waals surface area contributed by atoms with E-state index in [1.807, 2.05) is 6.92 Å². The number of carbonyl (C=O) groups excluding carboxylic acids is 1. The van der Waals surface area contributed by atoms with Gasteiger partial charge in [-0.2, -0.15) is 12.6 Å². The van der Waals surface area contributed by atoms with E-state index in [0.29, 0.717) is 5.57 Å². The summed E-state index contributed by atoms with van der Waals surface area (Å²) < 4.78 is 0. The Kier molecular flexibility index (Phi) is 3.39. The first-order valence-electron chi connectivity index (χ1n) is 2.70. The molecule has 52 valence electrons. The van der Waals surface area contributed by atoms with Crippen LogP contribution >= 0.6 is 12.6 Å². The summed E-state index contributed by atoms with van der Waals surface area (Å²) in [7, 11) is 0. The molecule has 1 amide bonds. The van der Waals surface area contributed by atoms with Gasteiger partial charge in [-0.05, 0) is 13.8 Å². The molecular formula is C6H11NOS. The molecule has 0 aliphatic heterocycles. The van der Waals surface area contributed by atoms with Crippen LogP contribution in [0.25, 0.3) is 0 Å². The standard InChI is InChI=1S/C6H11NOS/c1-4(6(7)8)3-5(2)9/h3,5,9H,1-2H3,(H2,7,8)/b4-3+. The molecule has 3 heteroatoms. The van der Waals surface area contributed by atoms with E-state index in [0.717, 1.165) is 0 Å². The lowest BCUT2D eigenvalue weighted by molar-refractivity contribution is -0.114. The normalized spacial score (nSPS) is 15.2. The third-order valence-corrected chi connectivity index (χ3v) is 1.03. The highest BCUT2D eigenvalue weighted by molar-refractivity contribution is 7.81. The highest BCUT2D eigenvalue weighted by Crippen LogP contribution is 1.99. The van der Waals surface area contributed by atoms with E-state index < -0.39 is 0 Å². The van der Waals surface area contributed by atoms with Crippen molar-refractivity contribution < 1.29 is 4.79 Å². The average Bonchev–Trinajstić information content (AvgIpc) is 1.63. The number of nitrogens with two attached hydrogens (primary N) is 1. The van der Waals surface area contributed by atoms with Crippen molar-refractivity contribution in [1.29, 1.82) is 0 Å². The van der Waals surface area contributed by atoms with Gasteiger partial charge < -0.3 is 5.73 Å². The van der Waals surface area contributed by atoms with Crippen LogP contribution in [-0.2, 0) is 4.79 Å². The Morgan fingerprint density at radius 3 is 2.33 bits per heavy atom. The lowest BCUT2D eigenvalue weighted by atomic mass is 10.2. The Morgan fingerprint density at radius 1 is 1.78 bits per heavy atom. The second-order valence-electron chi connectivity index (χ2n) is 1.95. The maximum atomic E-state index is 10.4. The molecule has 2 nitrogen and oxygen atoms in total. The minimum Gasteiger partial charge on any atom is -0.366 e. The molecule has 0 aliphatic rings. The molecule has 0 saturated carbocycles. The largest absolute Gasteiger partial charge is 0.366 e. The van der Waals surface area contributed by atoms with Crippen molar-refractivity contribution in [1.82, 2.24) is 0 Å². The number of amides is 1. The lowest BCUT2D eigenvalue weighted by Gasteiger charge is -1.95. The Labute approximate surface area is 60.5 Å². The van der Waals surface area contributed by atoms with Crippen LogP contribution in [0.15, 0.2) is 11.6 Å². The Bertz CT molecular complexity index is 140. The third-order valence-electron chi connectivity index (χ3n) is 0.880. The molecule has 0 aromatic carbocycles. The van der Waals surface area contributed by atoms with Crippen molar-refractivity contribution in [2.45, 2.75) is 19.1 Å². The van der Waals surface area contributed by atoms with Crippen LogP contribution in [0.4, 0.5) is 0 Å². The van der Waals surface area contributed by atoms with E-state index >= 15 is 0 Å². The molecule has 0 rings (SSSR count). The van der Waals surface area contributed by atoms with Crippen molar-refractivity contribution in [3.63, 3.8) is 0 Å². The summed E-state index contributed by atoms with van der Waals surface area (Å²) in [5, 5.41) is 0.0949. The zero-order valence-corrected chi connectivity index (χ0v) is 6.48. The highest BCUT2D eigenvalue weighted by atomic mass is 32.1. The van der Waals surface area contributed by atoms with Crippen LogP contribution in [0.3, 0.4) is 0 Å². The van der Waals surface area contributed by atoms with Gasteiger partial charge >= 0.3 is 0 Å². The molecule has 2 N–H and O–H groups in total. The maximum Gasteiger partial charge on any atom is 0.244 e. The second kappa shape index (κ2) is 3.56. The van der Waals surface area contributed by atoms with Gasteiger partial charge in [0.1, 0.15) is 0 Å². The quantitative estimate of drug-likeness (QED) is 0.437. The van der Waals surface area contributed by atoms with Crippen LogP contribution in [0, 0.1) is 0 Å². The van der Waals surface area contributed by atoms with Crippen molar-refractivity contribution in [2.75, 3.05) is 0 Å².